The molecule has 1 heterocycles. The number of carbonyl (C=O) groups is 1. The average molecular weight is 357 g/mol. The second-order valence-corrected chi connectivity index (χ2v) is 6.78. The van der Waals surface area contributed by atoms with Crippen molar-refractivity contribution in [3.63, 3.8) is 0 Å². The number of nitrogens with zero attached hydrogens (tertiary/aromatic N) is 1. The van der Waals surface area contributed by atoms with E-state index in [0.717, 1.165) is 18.0 Å². The lowest BCUT2D eigenvalue weighted by molar-refractivity contribution is 0.101. The first kappa shape index (κ1) is 18.5. The fraction of sp³-hybridized carbons (Fsp3) is 0.500. The van der Waals surface area contributed by atoms with Gasteiger partial charge in [0.2, 0.25) is 0 Å². The molecule has 26 heavy (non-hydrogen) atoms. The monoisotopic (exact) mass is 357 g/mol. The highest BCUT2D eigenvalue weighted by molar-refractivity contribution is 6.05. The van der Waals surface area contributed by atoms with Gasteiger partial charge < -0.3 is 14.8 Å². The molecule has 1 fully saturated rings. The zero-order valence-electron chi connectivity index (χ0n) is 15.3. The van der Waals surface area contributed by atoms with Gasteiger partial charge in [-0.2, -0.15) is 5.10 Å². The number of anilines is 1. The van der Waals surface area contributed by atoms with Crippen LogP contribution in [0.5, 0.6) is 5.75 Å². The Morgan fingerprint density at radius 3 is 2.85 bits per heavy atom. The number of H-pyrrole nitrogens is 1. The lowest BCUT2D eigenvalue weighted by Gasteiger charge is -2.20. The third kappa shape index (κ3) is 5.08. The number of benzene rings is 1. The first-order valence-electron chi connectivity index (χ1n) is 9.32. The molecule has 1 amide bonds. The fourth-order valence-electron chi connectivity index (χ4n) is 3.43. The first-order valence-corrected chi connectivity index (χ1v) is 9.32. The molecule has 0 atom stereocenters. The average Bonchev–Trinajstić information content (AvgIpc) is 3.10. The van der Waals surface area contributed by atoms with E-state index in [0.29, 0.717) is 30.3 Å². The minimum atomic E-state index is -0.228. The summed E-state index contributed by atoms with van der Waals surface area (Å²) in [7, 11) is 1.62. The molecule has 2 aromatic rings. The molecule has 1 saturated carbocycles. The highest BCUT2D eigenvalue weighted by atomic mass is 16.5. The van der Waals surface area contributed by atoms with E-state index >= 15 is 0 Å². The van der Waals surface area contributed by atoms with Gasteiger partial charge in [-0.05, 0) is 24.5 Å². The largest absolute Gasteiger partial charge is 0.490 e. The van der Waals surface area contributed by atoms with Gasteiger partial charge in [-0.3, -0.25) is 9.89 Å². The predicted octanol–water partition coefficient (Wildman–Crippen LogP) is 3.81. The molecule has 140 valence electrons. The van der Waals surface area contributed by atoms with Crippen molar-refractivity contribution in [2.24, 2.45) is 5.92 Å². The Kier molecular flexibility index (Phi) is 6.66. The molecule has 0 radical (unpaired) electrons. The van der Waals surface area contributed by atoms with Crippen LogP contribution in [-0.2, 0) is 11.2 Å². The van der Waals surface area contributed by atoms with Gasteiger partial charge in [-0.15, -0.1) is 0 Å². The predicted molar refractivity (Wildman–Crippen MR) is 101 cm³/mol. The Morgan fingerprint density at radius 2 is 2.04 bits per heavy atom. The molecule has 3 rings (SSSR count). The van der Waals surface area contributed by atoms with E-state index in [9.17, 15) is 4.79 Å². The summed E-state index contributed by atoms with van der Waals surface area (Å²) in [4.78, 5) is 12.6. The molecule has 0 aliphatic heterocycles. The van der Waals surface area contributed by atoms with Crippen LogP contribution >= 0.6 is 0 Å². The number of hydrogen-bond donors (Lipinski definition) is 2. The molecule has 6 nitrogen and oxygen atoms in total. The van der Waals surface area contributed by atoms with Gasteiger partial charge >= 0.3 is 0 Å². The SMILES string of the molecule is COCCOc1ccccc1C(=O)Nc1cc(CC2CCCCC2)[nH]n1. The number of aromatic nitrogens is 2. The topological polar surface area (TPSA) is 76.2 Å². The number of amides is 1. The van der Waals surface area contributed by atoms with Crippen molar-refractivity contribution in [2.75, 3.05) is 25.6 Å². The number of hydrogen-bond acceptors (Lipinski definition) is 4. The Hall–Kier alpha value is -2.34. The van der Waals surface area contributed by atoms with E-state index in [4.69, 9.17) is 9.47 Å². The first-order chi connectivity index (χ1) is 12.8. The van der Waals surface area contributed by atoms with Crippen molar-refractivity contribution in [1.82, 2.24) is 10.2 Å². The van der Waals surface area contributed by atoms with Gasteiger partial charge in [-0.1, -0.05) is 44.2 Å². The van der Waals surface area contributed by atoms with Crippen LogP contribution in [0.2, 0.25) is 0 Å². The normalized spacial score (nSPS) is 15.0. The maximum absolute atomic E-state index is 12.6. The Labute approximate surface area is 154 Å². The van der Waals surface area contributed by atoms with E-state index in [1.807, 2.05) is 18.2 Å². The number of ether oxygens (including phenoxy) is 2. The molecular formula is C20H27N3O3. The maximum atomic E-state index is 12.6. The lowest BCUT2D eigenvalue weighted by atomic mass is 9.86. The van der Waals surface area contributed by atoms with Crippen molar-refractivity contribution < 1.29 is 14.3 Å². The molecule has 0 saturated heterocycles. The van der Waals surface area contributed by atoms with Crippen LogP contribution in [0.3, 0.4) is 0 Å². The summed E-state index contributed by atoms with van der Waals surface area (Å²) in [5.41, 5.74) is 1.57. The van der Waals surface area contributed by atoms with Crippen molar-refractivity contribution in [3.8, 4) is 5.75 Å². The second-order valence-electron chi connectivity index (χ2n) is 6.78. The second kappa shape index (κ2) is 9.38. The van der Waals surface area contributed by atoms with E-state index in [2.05, 4.69) is 15.5 Å². The Balaban J connectivity index is 1.59. The molecule has 1 aromatic heterocycles. The number of rotatable bonds is 8. The lowest BCUT2D eigenvalue weighted by Crippen LogP contribution is -2.15. The highest BCUT2D eigenvalue weighted by Gasteiger charge is 2.17. The third-order valence-corrected chi connectivity index (χ3v) is 4.78. The van der Waals surface area contributed by atoms with Gasteiger partial charge in [0, 0.05) is 18.9 Å². The van der Waals surface area contributed by atoms with Crippen molar-refractivity contribution in [2.45, 2.75) is 38.5 Å². The molecular weight excluding hydrogens is 330 g/mol. The number of carbonyl (C=O) groups excluding carboxylic acids is 1. The summed E-state index contributed by atoms with van der Waals surface area (Å²) >= 11 is 0. The van der Waals surface area contributed by atoms with Crippen LogP contribution in [0.4, 0.5) is 5.82 Å². The summed E-state index contributed by atoms with van der Waals surface area (Å²) in [6.07, 6.45) is 7.57. The zero-order valence-corrected chi connectivity index (χ0v) is 15.3. The van der Waals surface area contributed by atoms with E-state index in [-0.39, 0.29) is 5.91 Å². The van der Waals surface area contributed by atoms with Crippen LogP contribution in [0.15, 0.2) is 30.3 Å². The number of nitrogens with one attached hydrogen (secondary N) is 2. The van der Waals surface area contributed by atoms with Gasteiger partial charge in [0.1, 0.15) is 12.4 Å². The van der Waals surface area contributed by atoms with Crippen LogP contribution in [0.1, 0.15) is 48.2 Å². The van der Waals surface area contributed by atoms with Crippen LogP contribution in [0.25, 0.3) is 0 Å². The van der Waals surface area contributed by atoms with E-state index < -0.39 is 0 Å². The minimum Gasteiger partial charge on any atom is -0.490 e. The molecule has 2 N–H and O–H groups in total. The summed E-state index contributed by atoms with van der Waals surface area (Å²) in [6, 6.07) is 9.12. The molecule has 0 spiro atoms. The fourth-order valence-corrected chi connectivity index (χ4v) is 3.43. The maximum Gasteiger partial charge on any atom is 0.260 e. The third-order valence-electron chi connectivity index (χ3n) is 4.78. The smallest absolute Gasteiger partial charge is 0.260 e. The Morgan fingerprint density at radius 1 is 1.23 bits per heavy atom. The molecule has 6 heteroatoms. The molecule has 1 aliphatic carbocycles. The molecule has 0 unspecified atom stereocenters. The minimum absolute atomic E-state index is 0.228. The van der Waals surface area contributed by atoms with Gasteiger partial charge in [0.15, 0.2) is 5.82 Å². The van der Waals surface area contributed by atoms with E-state index in [1.165, 1.54) is 32.1 Å². The summed E-state index contributed by atoms with van der Waals surface area (Å²) in [5.74, 6) is 1.59. The summed E-state index contributed by atoms with van der Waals surface area (Å²) in [5, 5.41) is 10.1. The number of para-hydroxylation sites is 1. The number of aromatic amines is 1. The summed E-state index contributed by atoms with van der Waals surface area (Å²) in [6.45, 7) is 0.870. The highest BCUT2D eigenvalue weighted by Crippen LogP contribution is 2.27. The molecule has 0 bridgehead atoms. The van der Waals surface area contributed by atoms with Crippen LogP contribution in [-0.4, -0.2) is 36.4 Å². The standard InChI is InChI=1S/C20H27N3O3/c1-25-11-12-26-18-10-6-5-9-17(18)20(24)21-19-14-16(22-23-19)13-15-7-3-2-4-8-15/h5-6,9-10,14-15H,2-4,7-8,11-13H2,1H3,(H2,21,22,23,24). The van der Waals surface area contributed by atoms with Crippen LogP contribution in [0, 0.1) is 5.92 Å². The molecule has 1 aliphatic rings. The van der Waals surface area contributed by atoms with Gasteiger partial charge in [0.25, 0.3) is 5.91 Å². The summed E-state index contributed by atoms with van der Waals surface area (Å²) < 4.78 is 10.6. The van der Waals surface area contributed by atoms with Crippen molar-refractivity contribution >= 4 is 11.7 Å². The van der Waals surface area contributed by atoms with Gasteiger partial charge in [-0.25, -0.2) is 0 Å². The molecule has 1 aromatic carbocycles. The van der Waals surface area contributed by atoms with E-state index in [1.54, 1.807) is 19.2 Å². The van der Waals surface area contributed by atoms with Crippen molar-refractivity contribution in [1.29, 1.82) is 0 Å². The zero-order chi connectivity index (χ0) is 18.2. The van der Waals surface area contributed by atoms with Gasteiger partial charge in [0.05, 0.1) is 12.2 Å². The van der Waals surface area contributed by atoms with Crippen molar-refractivity contribution in [3.05, 3.63) is 41.6 Å². The number of methoxy groups -OCH3 is 1. The van der Waals surface area contributed by atoms with Crippen LogP contribution < -0.4 is 10.1 Å². The quantitative estimate of drug-likeness (QED) is 0.705. The Bertz CT molecular complexity index is 708.